The van der Waals surface area contributed by atoms with Crippen molar-refractivity contribution in [3.8, 4) is 11.8 Å². The largest absolute Gasteiger partial charge is 0.377 e. The van der Waals surface area contributed by atoms with E-state index in [9.17, 15) is 5.11 Å². The van der Waals surface area contributed by atoms with Crippen LogP contribution >= 0.6 is 0 Å². The summed E-state index contributed by atoms with van der Waals surface area (Å²) in [5.41, 5.74) is -2.05. The molecule has 1 N–H and O–H groups in total. The van der Waals surface area contributed by atoms with Crippen LogP contribution in [0.25, 0.3) is 0 Å². The van der Waals surface area contributed by atoms with Gasteiger partial charge in [-0.25, -0.2) is 9.78 Å². The van der Waals surface area contributed by atoms with Crippen LogP contribution in [0.5, 0.6) is 0 Å². The smallest absolute Gasteiger partial charge is 0.158 e. The molecule has 0 unspecified atom stereocenters. The first kappa shape index (κ1) is 19.5. The Morgan fingerprint density at radius 1 is 1.09 bits per heavy atom. The first-order valence-corrected chi connectivity index (χ1v) is 8.48. The summed E-state index contributed by atoms with van der Waals surface area (Å²) in [5, 5.41) is 11.1. The molecule has 1 saturated carbocycles. The van der Waals surface area contributed by atoms with E-state index in [0.29, 0.717) is 11.8 Å². The molecule has 3 heteroatoms. The van der Waals surface area contributed by atoms with Crippen LogP contribution in [0.3, 0.4) is 0 Å². The van der Waals surface area contributed by atoms with E-state index < -0.39 is 11.2 Å². The molecule has 3 atom stereocenters. The van der Waals surface area contributed by atoms with Crippen LogP contribution in [-0.4, -0.2) is 21.9 Å². The fraction of sp³-hybridized carbons (Fsp3) is 0.895. The maximum Gasteiger partial charge on any atom is 0.158 e. The molecule has 0 spiro atoms. The third-order valence-corrected chi connectivity index (χ3v) is 4.13. The second kappa shape index (κ2) is 6.91. The van der Waals surface area contributed by atoms with E-state index in [2.05, 4.69) is 32.6 Å². The van der Waals surface area contributed by atoms with Gasteiger partial charge in [0.2, 0.25) is 0 Å². The van der Waals surface area contributed by atoms with Crippen molar-refractivity contribution in [3.05, 3.63) is 0 Å². The normalized spacial score (nSPS) is 30.1. The molecule has 22 heavy (non-hydrogen) atoms. The van der Waals surface area contributed by atoms with Crippen LogP contribution in [0.2, 0.25) is 0 Å². The molecule has 0 heterocycles. The Morgan fingerprint density at radius 3 is 2.18 bits per heavy atom. The molecule has 1 fully saturated rings. The van der Waals surface area contributed by atoms with Crippen LogP contribution in [-0.2, 0) is 9.78 Å². The van der Waals surface area contributed by atoms with E-state index in [0.717, 1.165) is 12.8 Å². The molecular weight excluding hydrogens is 276 g/mol. The van der Waals surface area contributed by atoms with Crippen molar-refractivity contribution in [2.45, 2.75) is 91.5 Å². The van der Waals surface area contributed by atoms with Crippen molar-refractivity contribution in [3.63, 3.8) is 0 Å². The van der Waals surface area contributed by atoms with Crippen molar-refractivity contribution in [2.24, 2.45) is 17.8 Å². The van der Waals surface area contributed by atoms with E-state index in [4.69, 9.17) is 9.78 Å². The van der Waals surface area contributed by atoms with Crippen molar-refractivity contribution >= 4 is 0 Å². The average molecular weight is 310 g/mol. The molecule has 1 rings (SSSR count). The number of hydrogen-bond donors (Lipinski definition) is 1. The lowest BCUT2D eigenvalue weighted by molar-refractivity contribution is -0.384. The lowest BCUT2D eigenvalue weighted by Crippen LogP contribution is -2.44. The monoisotopic (exact) mass is 310 g/mol. The zero-order chi connectivity index (χ0) is 17.2. The molecule has 1 aliphatic carbocycles. The predicted molar refractivity (Wildman–Crippen MR) is 90.1 cm³/mol. The highest BCUT2D eigenvalue weighted by atomic mass is 17.2. The highest BCUT2D eigenvalue weighted by molar-refractivity contribution is 5.22. The SMILES string of the molecule is CC(C)[C@H]1CC[C@H](C)C[C@]1(O)C#CC(C)(C)OOC(C)(C)C. The Balaban J connectivity index is 2.89. The molecule has 1 aliphatic rings. The summed E-state index contributed by atoms with van der Waals surface area (Å²) in [5.74, 6) is 7.38. The molecule has 0 saturated heterocycles. The van der Waals surface area contributed by atoms with Crippen molar-refractivity contribution in [1.29, 1.82) is 0 Å². The minimum Gasteiger partial charge on any atom is -0.377 e. The molecule has 0 aromatic carbocycles. The van der Waals surface area contributed by atoms with Crippen molar-refractivity contribution in [1.82, 2.24) is 0 Å². The molecule has 0 aliphatic heterocycles. The third-order valence-electron chi connectivity index (χ3n) is 4.13. The van der Waals surface area contributed by atoms with Crippen LogP contribution < -0.4 is 0 Å². The van der Waals surface area contributed by atoms with Gasteiger partial charge in [0.1, 0.15) is 5.60 Å². The molecule has 0 aromatic heterocycles. The van der Waals surface area contributed by atoms with Gasteiger partial charge in [-0.1, -0.05) is 39.0 Å². The molecular formula is C19H34O3. The average Bonchev–Trinajstić information content (AvgIpc) is 2.33. The minimum atomic E-state index is -0.922. The fourth-order valence-corrected chi connectivity index (χ4v) is 3.02. The molecule has 0 bridgehead atoms. The maximum absolute atomic E-state index is 11.1. The zero-order valence-electron chi connectivity index (χ0n) is 15.6. The van der Waals surface area contributed by atoms with E-state index in [1.54, 1.807) is 0 Å². The minimum absolute atomic E-state index is 0.218. The Labute approximate surface area is 136 Å². The van der Waals surface area contributed by atoms with E-state index in [-0.39, 0.29) is 11.5 Å². The van der Waals surface area contributed by atoms with Crippen LogP contribution in [0.4, 0.5) is 0 Å². The molecule has 3 nitrogen and oxygen atoms in total. The highest BCUT2D eigenvalue weighted by Gasteiger charge is 2.42. The Kier molecular flexibility index (Phi) is 6.12. The summed E-state index contributed by atoms with van der Waals surface area (Å²) in [6, 6.07) is 0. The fourth-order valence-electron chi connectivity index (χ4n) is 3.02. The van der Waals surface area contributed by atoms with Gasteiger partial charge in [0.05, 0.1) is 5.60 Å². The van der Waals surface area contributed by atoms with Crippen molar-refractivity contribution < 1.29 is 14.9 Å². The lowest BCUT2D eigenvalue weighted by atomic mass is 9.67. The zero-order valence-corrected chi connectivity index (χ0v) is 15.6. The van der Waals surface area contributed by atoms with Gasteiger partial charge in [0.25, 0.3) is 0 Å². The molecule has 128 valence electrons. The van der Waals surface area contributed by atoms with Crippen LogP contribution in [0.1, 0.15) is 74.7 Å². The summed E-state index contributed by atoms with van der Waals surface area (Å²) < 4.78 is 0. The van der Waals surface area contributed by atoms with Gasteiger partial charge in [0, 0.05) is 5.92 Å². The Morgan fingerprint density at radius 2 is 1.68 bits per heavy atom. The van der Waals surface area contributed by atoms with Gasteiger partial charge in [0.15, 0.2) is 5.60 Å². The van der Waals surface area contributed by atoms with Gasteiger partial charge in [-0.3, -0.25) is 0 Å². The Bertz CT molecular complexity index is 422. The molecule has 0 aromatic rings. The van der Waals surface area contributed by atoms with E-state index in [1.165, 1.54) is 6.42 Å². The number of aliphatic hydroxyl groups is 1. The first-order valence-electron chi connectivity index (χ1n) is 8.48. The summed E-state index contributed by atoms with van der Waals surface area (Å²) >= 11 is 0. The second-order valence-electron chi connectivity index (χ2n) is 8.70. The second-order valence-corrected chi connectivity index (χ2v) is 8.70. The summed E-state index contributed by atoms with van der Waals surface area (Å²) in [7, 11) is 0. The van der Waals surface area contributed by atoms with Crippen LogP contribution in [0, 0.1) is 29.6 Å². The van der Waals surface area contributed by atoms with E-state index in [1.807, 2.05) is 34.6 Å². The molecule has 0 radical (unpaired) electrons. The highest BCUT2D eigenvalue weighted by Crippen LogP contribution is 2.40. The third kappa shape index (κ3) is 5.91. The van der Waals surface area contributed by atoms with Gasteiger partial charge in [-0.05, 0) is 59.3 Å². The first-order chi connectivity index (χ1) is 9.85. The Hall–Kier alpha value is -0.560. The molecule has 0 amide bonds. The van der Waals surface area contributed by atoms with Gasteiger partial charge in [-0.2, -0.15) is 0 Å². The predicted octanol–water partition coefficient (Wildman–Crippen LogP) is 4.34. The standard InChI is InChI=1S/C19H34O3/c1-14(2)16-10-9-15(3)13-19(16,20)12-11-18(7,8)22-21-17(4,5)6/h14-16,20H,9-10,13H2,1-8H3/t15-,16+,19+/m0/s1. The lowest BCUT2D eigenvalue weighted by Gasteiger charge is -2.41. The summed E-state index contributed by atoms with van der Waals surface area (Å²) in [4.78, 5) is 10.8. The van der Waals surface area contributed by atoms with Gasteiger partial charge < -0.3 is 5.11 Å². The van der Waals surface area contributed by atoms with Gasteiger partial charge >= 0.3 is 0 Å². The van der Waals surface area contributed by atoms with Crippen molar-refractivity contribution in [2.75, 3.05) is 0 Å². The number of hydrogen-bond acceptors (Lipinski definition) is 3. The summed E-state index contributed by atoms with van der Waals surface area (Å²) in [6.45, 7) is 16.0. The van der Waals surface area contributed by atoms with Crippen LogP contribution in [0.15, 0.2) is 0 Å². The topological polar surface area (TPSA) is 38.7 Å². The van der Waals surface area contributed by atoms with E-state index >= 15 is 0 Å². The summed E-state index contributed by atoms with van der Waals surface area (Å²) in [6.07, 6.45) is 2.93. The maximum atomic E-state index is 11.1. The van der Waals surface area contributed by atoms with Gasteiger partial charge in [-0.15, -0.1) is 0 Å². The quantitative estimate of drug-likeness (QED) is 0.479. The number of rotatable bonds is 3.